The van der Waals surface area contributed by atoms with E-state index in [9.17, 15) is 9.90 Å². The second-order valence-corrected chi connectivity index (χ2v) is 8.40. The normalized spacial score (nSPS) is 16.4. The number of hydrogen-bond donors (Lipinski definition) is 1. The van der Waals surface area contributed by atoms with Gasteiger partial charge in [0.25, 0.3) is 0 Å². The summed E-state index contributed by atoms with van der Waals surface area (Å²) in [4.78, 5) is 19.5. The van der Waals surface area contributed by atoms with Crippen molar-refractivity contribution in [1.82, 2.24) is 0 Å². The van der Waals surface area contributed by atoms with Crippen molar-refractivity contribution in [3.05, 3.63) is 74.3 Å². The first-order chi connectivity index (χ1) is 14.3. The van der Waals surface area contributed by atoms with E-state index in [0.29, 0.717) is 25.7 Å². The number of rotatable bonds is 5. The maximum atomic E-state index is 12.5. The van der Waals surface area contributed by atoms with Gasteiger partial charge >= 0.3 is 5.97 Å². The molecule has 8 heteroatoms. The van der Waals surface area contributed by atoms with Crippen LogP contribution in [0.25, 0.3) is 6.08 Å². The summed E-state index contributed by atoms with van der Waals surface area (Å²) in [6.45, 7) is 1.89. The van der Waals surface area contributed by atoms with Crippen LogP contribution in [-0.4, -0.2) is 36.8 Å². The summed E-state index contributed by atoms with van der Waals surface area (Å²) in [5.41, 5.74) is 2.49. The highest BCUT2D eigenvalue weighted by molar-refractivity contribution is 8.18. The van der Waals surface area contributed by atoms with Gasteiger partial charge in [-0.25, -0.2) is 9.79 Å². The van der Waals surface area contributed by atoms with Gasteiger partial charge in [-0.1, -0.05) is 47.1 Å². The van der Waals surface area contributed by atoms with Crippen LogP contribution in [0.5, 0.6) is 0 Å². The highest BCUT2D eigenvalue weighted by atomic mass is 35.5. The van der Waals surface area contributed by atoms with Gasteiger partial charge in [-0.05, 0) is 48.9 Å². The molecule has 1 N–H and O–H groups in total. The van der Waals surface area contributed by atoms with Crippen LogP contribution in [0.2, 0.25) is 10.0 Å². The summed E-state index contributed by atoms with van der Waals surface area (Å²) in [6, 6.07) is 12.7. The summed E-state index contributed by atoms with van der Waals surface area (Å²) in [7, 11) is 3.93. The number of ether oxygens (including phenoxy) is 1. The van der Waals surface area contributed by atoms with Gasteiger partial charge in [-0.2, -0.15) is 0 Å². The van der Waals surface area contributed by atoms with Crippen LogP contribution >= 0.6 is 35.0 Å². The largest absolute Gasteiger partial charge is 0.506 e. The molecule has 0 radical (unpaired) electrons. The van der Waals surface area contributed by atoms with Gasteiger partial charge < -0.3 is 14.7 Å². The van der Waals surface area contributed by atoms with E-state index in [1.165, 1.54) is 11.8 Å². The third kappa shape index (κ3) is 5.01. The molecule has 0 aliphatic carbocycles. The van der Waals surface area contributed by atoms with Gasteiger partial charge in [0.05, 0.1) is 27.2 Å². The number of carbonyl (C=O) groups is 1. The lowest BCUT2D eigenvalue weighted by Gasteiger charge is -2.11. The minimum absolute atomic E-state index is 0.0316. The monoisotopic (exact) mass is 462 g/mol. The minimum Gasteiger partial charge on any atom is -0.506 e. The summed E-state index contributed by atoms with van der Waals surface area (Å²) in [5, 5.41) is 11.8. The summed E-state index contributed by atoms with van der Waals surface area (Å²) in [6.07, 6.45) is 1.80. The molecule has 30 heavy (non-hydrogen) atoms. The Kier molecular flexibility index (Phi) is 7.13. The van der Waals surface area contributed by atoms with Crippen molar-refractivity contribution >= 4 is 63.4 Å². The average Bonchev–Trinajstić information content (AvgIpc) is 3.00. The Morgan fingerprint density at radius 1 is 1.17 bits per heavy atom. The predicted octanol–water partition coefficient (Wildman–Crippen LogP) is 6.25. The molecule has 5 nitrogen and oxygen atoms in total. The van der Waals surface area contributed by atoms with E-state index in [2.05, 4.69) is 4.99 Å². The molecule has 0 aromatic heterocycles. The van der Waals surface area contributed by atoms with Crippen molar-refractivity contribution in [3.8, 4) is 0 Å². The zero-order chi connectivity index (χ0) is 21.8. The Labute approximate surface area is 189 Å². The van der Waals surface area contributed by atoms with Crippen molar-refractivity contribution in [2.75, 3.05) is 25.6 Å². The molecule has 0 saturated carbocycles. The van der Waals surface area contributed by atoms with Gasteiger partial charge in [-0.3, -0.25) is 0 Å². The third-order valence-electron chi connectivity index (χ3n) is 4.21. The Balaban J connectivity index is 2.01. The number of aliphatic hydroxyl groups is 1. The second-order valence-electron chi connectivity index (χ2n) is 6.56. The molecule has 0 saturated heterocycles. The van der Waals surface area contributed by atoms with E-state index in [0.717, 1.165) is 11.3 Å². The van der Waals surface area contributed by atoms with Crippen LogP contribution in [0, 0.1) is 0 Å². The van der Waals surface area contributed by atoms with Gasteiger partial charge in [0.15, 0.2) is 0 Å². The highest BCUT2D eigenvalue weighted by Gasteiger charge is 2.33. The quantitative estimate of drug-likeness (QED) is 0.531. The fraction of sp³-hybridized carbons (Fsp3) is 0.182. The predicted molar refractivity (Wildman–Crippen MR) is 126 cm³/mol. The van der Waals surface area contributed by atoms with Gasteiger partial charge in [0, 0.05) is 19.8 Å². The number of aliphatic imine (C=N–C) groups is 1. The van der Waals surface area contributed by atoms with Crippen LogP contribution < -0.4 is 4.90 Å². The van der Waals surface area contributed by atoms with Crippen LogP contribution in [0.1, 0.15) is 12.5 Å². The number of nitrogens with zero attached hydrogens (tertiary/aromatic N) is 2. The Morgan fingerprint density at radius 3 is 2.47 bits per heavy atom. The zero-order valence-electron chi connectivity index (χ0n) is 16.6. The molecule has 3 rings (SSSR count). The van der Waals surface area contributed by atoms with E-state index >= 15 is 0 Å². The maximum absolute atomic E-state index is 12.5. The van der Waals surface area contributed by atoms with Crippen LogP contribution in [-0.2, 0) is 9.53 Å². The summed E-state index contributed by atoms with van der Waals surface area (Å²) < 4.78 is 5.12. The van der Waals surface area contributed by atoms with E-state index in [-0.39, 0.29) is 17.9 Å². The molecule has 0 amide bonds. The van der Waals surface area contributed by atoms with Crippen molar-refractivity contribution in [3.63, 3.8) is 0 Å². The molecule has 156 valence electrons. The summed E-state index contributed by atoms with van der Waals surface area (Å²) in [5.74, 6) is -0.790. The van der Waals surface area contributed by atoms with Crippen LogP contribution in [0.15, 0.2) is 63.7 Å². The molecule has 2 aromatic rings. The molecule has 0 atom stereocenters. The van der Waals surface area contributed by atoms with Crippen molar-refractivity contribution < 1.29 is 14.6 Å². The molecule has 2 aromatic carbocycles. The molecule has 0 fully saturated rings. The number of aliphatic hydroxyl groups excluding tert-OH is 1. The highest BCUT2D eigenvalue weighted by Crippen LogP contribution is 2.40. The Bertz CT molecular complexity index is 1060. The maximum Gasteiger partial charge on any atom is 0.344 e. The first-order valence-corrected chi connectivity index (χ1v) is 10.7. The zero-order valence-corrected chi connectivity index (χ0v) is 19.0. The lowest BCUT2D eigenvalue weighted by atomic mass is 10.1. The first-order valence-electron chi connectivity index (χ1n) is 9.12. The average molecular weight is 463 g/mol. The number of thioether (sulfide) groups is 1. The van der Waals surface area contributed by atoms with E-state index in [1.807, 2.05) is 43.3 Å². The number of esters is 1. The fourth-order valence-corrected chi connectivity index (χ4v) is 4.01. The van der Waals surface area contributed by atoms with E-state index in [1.54, 1.807) is 31.2 Å². The lowest BCUT2D eigenvalue weighted by Crippen LogP contribution is -2.12. The second kappa shape index (κ2) is 9.60. The first kappa shape index (κ1) is 22.3. The van der Waals surface area contributed by atoms with Gasteiger partial charge in [0.1, 0.15) is 16.4 Å². The summed E-state index contributed by atoms with van der Waals surface area (Å²) >= 11 is 13.2. The van der Waals surface area contributed by atoms with E-state index in [4.69, 9.17) is 27.9 Å². The standard InChI is InChI=1S/C22H20Cl2N2O3S/c1-4-29-22(28)19-20(27)18(11-13-5-8-15(9-6-13)26(2)3)30-21(19)25-14-7-10-16(23)17(24)12-14/h5-12,27H,4H2,1-3H3/b18-11-,25-21?. The number of anilines is 1. The number of hydrogen-bond acceptors (Lipinski definition) is 6. The Hall–Kier alpha value is -2.41. The smallest absolute Gasteiger partial charge is 0.344 e. The Morgan fingerprint density at radius 2 is 1.87 bits per heavy atom. The van der Waals surface area contributed by atoms with Gasteiger partial charge in [0.2, 0.25) is 0 Å². The van der Waals surface area contributed by atoms with Crippen molar-refractivity contribution in [2.24, 2.45) is 4.99 Å². The molecule has 1 heterocycles. The van der Waals surface area contributed by atoms with Crippen molar-refractivity contribution in [2.45, 2.75) is 6.92 Å². The fourth-order valence-electron chi connectivity index (χ4n) is 2.68. The third-order valence-corrected chi connectivity index (χ3v) is 5.97. The molecular formula is C22H20Cl2N2O3S. The van der Waals surface area contributed by atoms with Gasteiger partial charge in [-0.15, -0.1) is 0 Å². The topological polar surface area (TPSA) is 62.1 Å². The molecule has 0 spiro atoms. The lowest BCUT2D eigenvalue weighted by molar-refractivity contribution is -0.138. The number of benzene rings is 2. The number of halogens is 2. The molecule has 0 bridgehead atoms. The minimum atomic E-state index is -0.632. The number of carbonyl (C=O) groups excluding carboxylic acids is 1. The molecule has 1 aliphatic heterocycles. The van der Waals surface area contributed by atoms with E-state index < -0.39 is 5.97 Å². The van der Waals surface area contributed by atoms with Crippen LogP contribution in [0.4, 0.5) is 11.4 Å². The van der Waals surface area contributed by atoms with Crippen LogP contribution in [0.3, 0.4) is 0 Å². The molecule has 1 aliphatic rings. The van der Waals surface area contributed by atoms with Crippen molar-refractivity contribution in [1.29, 1.82) is 0 Å². The SMILES string of the molecule is CCOC(=O)C1=C(O)/C(=C/c2ccc(N(C)C)cc2)SC1=Nc1ccc(Cl)c(Cl)c1. The molecular weight excluding hydrogens is 443 g/mol. The molecule has 0 unspecified atom stereocenters.